The topological polar surface area (TPSA) is 41.6 Å². The minimum Gasteiger partial charge on any atom is -0.370 e. The molecule has 1 unspecified atom stereocenters. The second kappa shape index (κ2) is 5.99. The van der Waals surface area contributed by atoms with E-state index in [0.717, 1.165) is 19.0 Å². The SMILES string of the molecule is CC(C)CN=C(N)N1CCCCCC1C. The molecule has 1 atom stereocenters. The third-order valence-corrected chi connectivity index (χ3v) is 2.97. The Morgan fingerprint density at radius 3 is 2.80 bits per heavy atom. The van der Waals surface area contributed by atoms with Crippen LogP contribution in [0.5, 0.6) is 0 Å². The Morgan fingerprint density at radius 2 is 2.13 bits per heavy atom. The summed E-state index contributed by atoms with van der Waals surface area (Å²) >= 11 is 0. The van der Waals surface area contributed by atoms with Crippen molar-refractivity contribution >= 4 is 5.96 Å². The van der Waals surface area contributed by atoms with E-state index in [1.165, 1.54) is 25.7 Å². The Labute approximate surface area is 93.7 Å². The zero-order valence-corrected chi connectivity index (χ0v) is 10.4. The van der Waals surface area contributed by atoms with Gasteiger partial charge in [0.1, 0.15) is 0 Å². The van der Waals surface area contributed by atoms with E-state index in [-0.39, 0.29) is 0 Å². The quantitative estimate of drug-likeness (QED) is 0.562. The van der Waals surface area contributed by atoms with Crippen molar-refractivity contribution in [1.82, 2.24) is 4.90 Å². The van der Waals surface area contributed by atoms with Gasteiger partial charge in [-0.25, -0.2) is 0 Å². The maximum Gasteiger partial charge on any atom is 0.191 e. The summed E-state index contributed by atoms with van der Waals surface area (Å²) in [6, 6.07) is 0.559. The molecular weight excluding hydrogens is 186 g/mol. The molecule has 1 aliphatic rings. The summed E-state index contributed by atoms with van der Waals surface area (Å²) in [5.74, 6) is 1.34. The molecule has 2 N–H and O–H groups in total. The molecule has 1 rings (SSSR count). The fourth-order valence-corrected chi connectivity index (χ4v) is 1.98. The van der Waals surface area contributed by atoms with E-state index in [4.69, 9.17) is 5.73 Å². The molecule has 3 nitrogen and oxygen atoms in total. The van der Waals surface area contributed by atoms with Gasteiger partial charge >= 0.3 is 0 Å². The molecule has 0 aromatic rings. The number of rotatable bonds is 2. The summed E-state index contributed by atoms with van der Waals surface area (Å²) in [6.45, 7) is 8.51. The van der Waals surface area contributed by atoms with Gasteiger partial charge in [-0.3, -0.25) is 4.99 Å². The molecule has 0 aromatic carbocycles. The average Bonchev–Trinajstić information content (AvgIpc) is 2.39. The molecule has 0 amide bonds. The van der Waals surface area contributed by atoms with Crippen LogP contribution < -0.4 is 5.73 Å². The lowest BCUT2D eigenvalue weighted by Gasteiger charge is -2.28. The molecule has 1 heterocycles. The predicted octanol–water partition coefficient (Wildman–Crippen LogP) is 2.22. The molecular formula is C12H25N3. The van der Waals surface area contributed by atoms with Gasteiger partial charge in [0, 0.05) is 19.1 Å². The average molecular weight is 211 g/mol. The largest absolute Gasteiger partial charge is 0.370 e. The summed E-state index contributed by atoms with van der Waals surface area (Å²) in [6.07, 6.45) is 5.16. The van der Waals surface area contributed by atoms with E-state index in [1.807, 2.05) is 0 Å². The molecule has 1 saturated heterocycles. The lowest BCUT2D eigenvalue weighted by atomic mass is 10.1. The fraction of sp³-hybridized carbons (Fsp3) is 0.917. The van der Waals surface area contributed by atoms with Crippen LogP contribution >= 0.6 is 0 Å². The van der Waals surface area contributed by atoms with Crippen LogP contribution in [-0.4, -0.2) is 30.0 Å². The third kappa shape index (κ3) is 4.10. The zero-order chi connectivity index (χ0) is 11.3. The number of aliphatic imine (C=N–C) groups is 1. The van der Waals surface area contributed by atoms with Gasteiger partial charge in [0.2, 0.25) is 0 Å². The third-order valence-electron chi connectivity index (χ3n) is 2.97. The second-order valence-corrected chi connectivity index (χ2v) is 4.98. The first kappa shape index (κ1) is 12.3. The van der Waals surface area contributed by atoms with Crippen LogP contribution in [0.3, 0.4) is 0 Å². The van der Waals surface area contributed by atoms with Crippen molar-refractivity contribution < 1.29 is 0 Å². The number of hydrogen-bond donors (Lipinski definition) is 1. The van der Waals surface area contributed by atoms with E-state index in [2.05, 4.69) is 30.7 Å². The first-order valence-corrected chi connectivity index (χ1v) is 6.18. The lowest BCUT2D eigenvalue weighted by Crippen LogP contribution is -2.43. The molecule has 1 aliphatic heterocycles. The van der Waals surface area contributed by atoms with Crippen molar-refractivity contribution in [3.63, 3.8) is 0 Å². The van der Waals surface area contributed by atoms with E-state index in [0.29, 0.717) is 12.0 Å². The monoisotopic (exact) mass is 211 g/mol. The van der Waals surface area contributed by atoms with Gasteiger partial charge < -0.3 is 10.6 Å². The summed E-state index contributed by atoms with van der Waals surface area (Å²) < 4.78 is 0. The van der Waals surface area contributed by atoms with Crippen LogP contribution in [0.25, 0.3) is 0 Å². The Kier molecular flexibility index (Phi) is 4.92. The molecule has 15 heavy (non-hydrogen) atoms. The first-order chi connectivity index (χ1) is 7.11. The van der Waals surface area contributed by atoms with Crippen LogP contribution in [0, 0.1) is 5.92 Å². The Hall–Kier alpha value is -0.730. The predicted molar refractivity (Wildman–Crippen MR) is 66.0 cm³/mol. The van der Waals surface area contributed by atoms with Crippen LogP contribution in [-0.2, 0) is 0 Å². The Morgan fingerprint density at radius 1 is 1.40 bits per heavy atom. The van der Waals surface area contributed by atoms with Crippen LogP contribution in [0.2, 0.25) is 0 Å². The molecule has 0 aromatic heterocycles. The van der Waals surface area contributed by atoms with Gasteiger partial charge in [-0.1, -0.05) is 26.7 Å². The zero-order valence-electron chi connectivity index (χ0n) is 10.4. The minimum absolute atomic E-state index is 0.559. The number of nitrogens with two attached hydrogens (primary N) is 1. The van der Waals surface area contributed by atoms with Crippen molar-refractivity contribution in [2.45, 2.75) is 52.5 Å². The van der Waals surface area contributed by atoms with E-state index in [1.54, 1.807) is 0 Å². The maximum atomic E-state index is 6.03. The summed E-state index contributed by atoms with van der Waals surface area (Å²) in [5, 5.41) is 0. The summed E-state index contributed by atoms with van der Waals surface area (Å²) in [4.78, 5) is 6.73. The highest BCUT2D eigenvalue weighted by Gasteiger charge is 2.18. The van der Waals surface area contributed by atoms with Crippen molar-refractivity contribution in [2.75, 3.05) is 13.1 Å². The molecule has 1 fully saturated rings. The van der Waals surface area contributed by atoms with Crippen molar-refractivity contribution in [3.8, 4) is 0 Å². The Bertz CT molecular complexity index is 211. The minimum atomic E-state index is 0.559. The summed E-state index contributed by atoms with van der Waals surface area (Å²) in [7, 11) is 0. The fourth-order valence-electron chi connectivity index (χ4n) is 1.98. The molecule has 3 heteroatoms. The van der Waals surface area contributed by atoms with Gasteiger partial charge in [0.25, 0.3) is 0 Å². The van der Waals surface area contributed by atoms with Gasteiger partial charge in [-0.2, -0.15) is 0 Å². The Balaban J connectivity index is 2.54. The van der Waals surface area contributed by atoms with Gasteiger partial charge in [0.05, 0.1) is 0 Å². The molecule has 0 saturated carbocycles. The standard InChI is InChI=1S/C12H25N3/c1-10(2)9-14-12(13)15-8-6-4-5-7-11(15)3/h10-11H,4-9H2,1-3H3,(H2,13,14). The van der Waals surface area contributed by atoms with Crippen LogP contribution in [0.1, 0.15) is 46.5 Å². The van der Waals surface area contributed by atoms with Gasteiger partial charge in [0.15, 0.2) is 5.96 Å². The normalized spacial score (nSPS) is 24.4. The van der Waals surface area contributed by atoms with Crippen molar-refractivity contribution in [2.24, 2.45) is 16.6 Å². The summed E-state index contributed by atoms with van der Waals surface area (Å²) in [5.41, 5.74) is 6.03. The first-order valence-electron chi connectivity index (χ1n) is 6.18. The van der Waals surface area contributed by atoms with Crippen LogP contribution in [0.4, 0.5) is 0 Å². The van der Waals surface area contributed by atoms with E-state index in [9.17, 15) is 0 Å². The molecule has 0 bridgehead atoms. The molecule has 0 radical (unpaired) electrons. The number of nitrogens with zero attached hydrogens (tertiary/aromatic N) is 2. The van der Waals surface area contributed by atoms with Crippen LogP contribution in [0.15, 0.2) is 4.99 Å². The molecule has 88 valence electrons. The number of guanidine groups is 1. The maximum absolute atomic E-state index is 6.03. The van der Waals surface area contributed by atoms with E-state index >= 15 is 0 Å². The van der Waals surface area contributed by atoms with Crippen molar-refractivity contribution in [1.29, 1.82) is 0 Å². The smallest absolute Gasteiger partial charge is 0.191 e. The second-order valence-electron chi connectivity index (χ2n) is 4.98. The highest BCUT2D eigenvalue weighted by Crippen LogP contribution is 2.15. The highest BCUT2D eigenvalue weighted by atomic mass is 15.3. The lowest BCUT2D eigenvalue weighted by molar-refractivity contribution is 0.331. The number of likely N-dealkylation sites (tertiary alicyclic amines) is 1. The van der Waals surface area contributed by atoms with E-state index < -0.39 is 0 Å². The van der Waals surface area contributed by atoms with Gasteiger partial charge in [-0.05, 0) is 25.7 Å². The molecule has 0 spiro atoms. The van der Waals surface area contributed by atoms with Gasteiger partial charge in [-0.15, -0.1) is 0 Å². The molecule has 0 aliphatic carbocycles. The van der Waals surface area contributed by atoms with Crippen molar-refractivity contribution in [3.05, 3.63) is 0 Å². The highest BCUT2D eigenvalue weighted by molar-refractivity contribution is 5.78. The number of hydrogen-bond acceptors (Lipinski definition) is 1.